The Morgan fingerprint density at radius 3 is 2.63 bits per heavy atom. The molecule has 0 saturated heterocycles. The van der Waals surface area contributed by atoms with Crippen LogP contribution in [-0.2, 0) is 0 Å². The summed E-state index contributed by atoms with van der Waals surface area (Å²) < 4.78 is 16.1. The van der Waals surface area contributed by atoms with E-state index >= 15 is 0 Å². The van der Waals surface area contributed by atoms with Gasteiger partial charge in [-0.15, -0.1) is 0 Å². The number of carbonyl (C=O) groups excluding carboxylic acids is 1. The number of amides is 1. The molecule has 0 spiro atoms. The van der Waals surface area contributed by atoms with Gasteiger partial charge in [-0.05, 0) is 30.7 Å². The van der Waals surface area contributed by atoms with Crippen molar-refractivity contribution in [2.75, 3.05) is 30.1 Å². The summed E-state index contributed by atoms with van der Waals surface area (Å²) in [5, 5.41) is 6.20. The van der Waals surface area contributed by atoms with Crippen molar-refractivity contribution in [1.82, 2.24) is 24.4 Å². The summed E-state index contributed by atoms with van der Waals surface area (Å²) in [7, 11) is 1.65. The molecule has 1 atom stereocenters. The van der Waals surface area contributed by atoms with Gasteiger partial charge in [0.15, 0.2) is 0 Å². The summed E-state index contributed by atoms with van der Waals surface area (Å²) in [6, 6.07) is 12.7. The van der Waals surface area contributed by atoms with Gasteiger partial charge >= 0.3 is 0 Å². The Kier molecular flexibility index (Phi) is 5.51. The Labute approximate surface area is 199 Å². The summed E-state index contributed by atoms with van der Waals surface area (Å²) in [6.07, 6.45) is 0.468. The number of aromatic nitrogens is 4. The summed E-state index contributed by atoms with van der Waals surface area (Å²) in [5.41, 5.74) is 6.40. The third kappa shape index (κ3) is 3.80. The van der Waals surface area contributed by atoms with E-state index < -0.39 is 17.4 Å². The van der Waals surface area contributed by atoms with Crippen molar-refractivity contribution in [3.8, 4) is 5.69 Å². The molecule has 10 nitrogen and oxygen atoms in total. The molecule has 178 valence electrons. The molecule has 2 aromatic heterocycles. The quantitative estimate of drug-likeness (QED) is 0.402. The maximum atomic E-state index is 14.7. The van der Waals surface area contributed by atoms with Crippen molar-refractivity contribution in [3.63, 3.8) is 0 Å². The van der Waals surface area contributed by atoms with E-state index in [-0.39, 0.29) is 40.8 Å². The molecule has 1 aliphatic rings. The van der Waals surface area contributed by atoms with Gasteiger partial charge in [0, 0.05) is 7.05 Å². The van der Waals surface area contributed by atoms with Gasteiger partial charge in [0.1, 0.15) is 34.2 Å². The van der Waals surface area contributed by atoms with E-state index in [0.29, 0.717) is 23.8 Å². The lowest BCUT2D eigenvalue weighted by atomic mass is 10.1. The first-order valence-corrected chi connectivity index (χ1v) is 11.1. The second-order valence-corrected chi connectivity index (χ2v) is 8.18. The molecule has 2 aromatic carbocycles. The molecule has 5 rings (SSSR count). The number of carbonyl (C=O) groups is 1. The van der Waals surface area contributed by atoms with Crippen LogP contribution < -0.4 is 21.9 Å². The van der Waals surface area contributed by atoms with E-state index in [1.54, 1.807) is 37.4 Å². The van der Waals surface area contributed by atoms with Gasteiger partial charge in [-0.25, -0.2) is 9.37 Å². The van der Waals surface area contributed by atoms with Crippen LogP contribution in [0, 0.1) is 5.82 Å². The number of anilines is 3. The number of hydrogen-bond donors (Lipinski definition) is 3. The fraction of sp³-hybridized carbons (Fsp3) is 0.208. The number of nitrogen functional groups attached to an aromatic ring is 1. The van der Waals surface area contributed by atoms with Crippen molar-refractivity contribution >= 4 is 34.4 Å². The molecule has 1 unspecified atom stereocenters. The number of halogens is 1. The summed E-state index contributed by atoms with van der Waals surface area (Å²) in [6.45, 7) is 2.18. The number of nitrogens with two attached hydrogens (primary N) is 1. The average Bonchev–Trinajstić information content (AvgIpc) is 2.85. The van der Waals surface area contributed by atoms with Crippen LogP contribution in [0.25, 0.3) is 16.6 Å². The second-order valence-electron chi connectivity index (χ2n) is 8.18. The van der Waals surface area contributed by atoms with E-state index in [1.165, 1.54) is 21.6 Å². The number of fused-ring (bicyclic) bond motifs is 2. The zero-order chi connectivity index (χ0) is 24.7. The van der Waals surface area contributed by atoms with Crippen molar-refractivity contribution in [1.29, 1.82) is 0 Å². The lowest BCUT2D eigenvalue weighted by Crippen LogP contribution is -2.38. The van der Waals surface area contributed by atoms with Crippen LogP contribution in [0.5, 0.6) is 0 Å². The zero-order valence-corrected chi connectivity index (χ0v) is 19.1. The van der Waals surface area contributed by atoms with E-state index in [1.807, 2.05) is 13.0 Å². The fourth-order valence-electron chi connectivity index (χ4n) is 4.15. The van der Waals surface area contributed by atoms with Crippen molar-refractivity contribution in [2.24, 2.45) is 0 Å². The van der Waals surface area contributed by atoms with Gasteiger partial charge in [-0.2, -0.15) is 9.97 Å². The van der Waals surface area contributed by atoms with E-state index in [0.717, 1.165) is 0 Å². The monoisotopic (exact) mass is 474 g/mol. The molecular formula is C24H23FN8O2. The third-order valence-electron chi connectivity index (χ3n) is 5.89. The topological polar surface area (TPSA) is 131 Å². The number of hydrogen-bond acceptors (Lipinski definition) is 8. The van der Waals surface area contributed by atoms with Crippen LogP contribution in [0.2, 0.25) is 0 Å². The summed E-state index contributed by atoms with van der Waals surface area (Å²) in [4.78, 5) is 41.1. The Hall–Kier alpha value is -4.54. The third-order valence-corrected chi connectivity index (χ3v) is 5.89. The van der Waals surface area contributed by atoms with Gasteiger partial charge < -0.3 is 21.3 Å². The Morgan fingerprint density at radius 1 is 1.11 bits per heavy atom. The molecule has 4 aromatic rings. The lowest BCUT2D eigenvalue weighted by molar-refractivity contribution is 0.0796. The number of nitrogens with one attached hydrogen (secondary N) is 2. The Bertz CT molecular complexity index is 1510. The smallest absolute Gasteiger partial charge is 0.269 e. The molecule has 0 fully saturated rings. The molecule has 0 saturated carbocycles. The molecule has 1 aliphatic heterocycles. The highest BCUT2D eigenvalue weighted by Gasteiger charge is 2.30. The van der Waals surface area contributed by atoms with Crippen LogP contribution in [0.1, 0.15) is 35.6 Å². The Balaban J connectivity index is 1.71. The maximum Gasteiger partial charge on any atom is 0.269 e. The van der Waals surface area contributed by atoms with Gasteiger partial charge in [0.05, 0.1) is 23.9 Å². The van der Waals surface area contributed by atoms with Crippen LogP contribution in [-0.4, -0.2) is 44.0 Å². The van der Waals surface area contributed by atoms with E-state index in [2.05, 4.69) is 25.6 Å². The minimum absolute atomic E-state index is 0.0139. The minimum Gasteiger partial charge on any atom is -0.368 e. The molecule has 0 aliphatic carbocycles. The van der Waals surface area contributed by atoms with Crippen LogP contribution in [0.15, 0.2) is 53.3 Å². The highest BCUT2D eigenvalue weighted by molar-refractivity contribution is 6.04. The van der Waals surface area contributed by atoms with Crippen LogP contribution >= 0.6 is 0 Å². The zero-order valence-electron chi connectivity index (χ0n) is 19.1. The molecule has 4 N–H and O–H groups in total. The number of rotatable bonds is 5. The highest BCUT2D eigenvalue weighted by Crippen LogP contribution is 2.31. The van der Waals surface area contributed by atoms with Crippen LogP contribution in [0.4, 0.5) is 22.0 Å². The first kappa shape index (κ1) is 22.3. The molecule has 1 amide bonds. The number of benzene rings is 2. The predicted octanol–water partition coefficient (Wildman–Crippen LogP) is 2.92. The normalized spacial score (nSPS) is 13.9. The van der Waals surface area contributed by atoms with E-state index in [9.17, 15) is 14.0 Å². The molecule has 0 bridgehead atoms. The molecule has 11 heteroatoms. The molecular weight excluding hydrogens is 451 g/mol. The number of nitrogens with zero attached hydrogens (tertiary/aromatic N) is 5. The second kappa shape index (κ2) is 8.67. The molecule has 35 heavy (non-hydrogen) atoms. The van der Waals surface area contributed by atoms with Gasteiger partial charge in [0.25, 0.3) is 11.5 Å². The van der Waals surface area contributed by atoms with Crippen molar-refractivity contribution in [2.45, 2.75) is 19.4 Å². The van der Waals surface area contributed by atoms with Gasteiger partial charge in [-0.3, -0.25) is 14.2 Å². The molecule has 3 heterocycles. The Morgan fingerprint density at radius 2 is 1.89 bits per heavy atom. The first-order valence-electron chi connectivity index (χ1n) is 11.1. The van der Waals surface area contributed by atoms with Crippen molar-refractivity contribution in [3.05, 3.63) is 76.1 Å². The largest absolute Gasteiger partial charge is 0.368 e. The van der Waals surface area contributed by atoms with E-state index in [4.69, 9.17) is 5.73 Å². The maximum absolute atomic E-state index is 14.7. The molecule has 0 radical (unpaired) electrons. The van der Waals surface area contributed by atoms with Crippen molar-refractivity contribution < 1.29 is 9.18 Å². The fourth-order valence-corrected chi connectivity index (χ4v) is 4.15. The summed E-state index contributed by atoms with van der Waals surface area (Å²) in [5.74, 6) is -0.0412. The summed E-state index contributed by atoms with van der Waals surface area (Å²) >= 11 is 0. The highest BCUT2D eigenvalue weighted by atomic mass is 19.1. The van der Waals surface area contributed by atoms with Gasteiger partial charge in [-0.1, -0.05) is 31.2 Å². The average molecular weight is 475 g/mol. The standard InChI is InChI=1S/C24H23FN8O2/c1-3-15(28-20-18-19(30-24(26)31-20)27-12-32(2)22(18)34)21-29-16-11-7-10-14(25)17(16)23(35)33(21)13-8-5-4-6-9-13/h4-11,15H,3,12H2,1-2H3,(H4,26,27,28,30,31). The SMILES string of the molecule is CCC(Nc1nc(N)nc2c1C(=O)N(C)CN2)c1nc2cccc(F)c2c(=O)n1-c1ccccc1. The number of para-hydroxylation sites is 1. The predicted molar refractivity (Wildman–Crippen MR) is 131 cm³/mol. The minimum atomic E-state index is -0.644. The van der Waals surface area contributed by atoms with Gasteiger partial charge in [0.2, 0.25) is 5.95 Å². The van der Waals surface area contributed by atoms with Crippen LogP contribution in [0.3, 0.4) is 0 Å². The first-order chi connectivity index (χ1) is 16.9. The lowest BCUT2D eigenvalue weighted by Gasteiger charge is -2.28.